The van der Waals surface area contributed by atoms with Crippen LogP contribution in [-0.2, 0) is 9.53 Å². The second kappa shape index (κ2) is 7.32. The third-order valence-corrected chi connectivity index (χ3v) is 3.86. The van der Waals surface area contributed by atoms with Gasteiger partial charge >= 0.3 is 5.97 Å². The van der Waals surface area contributed by atoms with E-state index in [1.165, 1.54) is 11.1 Å². The van der Waals surface area contributed by atoms with Gasteiger partial charge in [0, 0.05) is 0 Å². The summed E-state index contributed by atoms with van der Waals surface area (Å²) < 4.78 is 5.09. The average Bonchev–Trinajstić information content (AvgIpc) is 2.40. The molecule has 0 saturated carbocycles. The van der Waals surface area contributed by atoms with Crippen molar-refractivity contribution < 1.29 is 9.53 Å². The van der Waals surface area contributed by atoms with E-state index in [4.69, 9.17) is 4.74 Å². The quantitative estimate of drug-likeness (QED) is 0.702. The van der Waals surface area contributed by atoms with E-state index in [1.54, 1.807) is 0 Å². The van der Waals surface area contributed by atoms with Crippen LogP contribution in [0.25, 0.3) is 0 Å². The van der Waals surface area contributed by atoms with Gasteiger partial charge in [-0.05, 0) is 56.2 Å². The zero-order valence-electron chi connectivity index (χ0n) is 12.8. The molecule has 1 unspecified atom stereocenters. The van der Waals surface area contributed by atoms with Gasteiger partial charge in [0.1, 0.15) is 0 Å². The molecule has 0 radical (unpaired) electrons. The fourth-order valence-electron chi connectivity index (χ4n) is 2.59. The van der Waals surface area contributed by atoms with Crippen LogP contribution in [0, 0.1) is 6.92 Å². The standard InChI is InChI=1S/C17H26O2/c1-6-14(7-2)15-9-10-16(12(4)11-15)13(5)17(18)19-8-3/h9-11,13-14H,6-8H2,1-5H3. The lowest BCUT2D eigenvalue weighted by molar-refractivity contribution is -0.144. The first kappa shape index (κ1) is 15.7. The molecule has 1 atom stereocenters. The Hall–Kier alpha value is -1.31. The highest BCUT2D eigenvalue weighted by Crippen LogP contribution is 2.28. The molecule has 1 aromatic rings. The van der Waals surface area contributed by atoms with E-state index in [0.29, 0.717) is 12.5 Å². The smallest absolute Gasteiger partial charge is 0.313 e. The van der Waals surface area contributed by atoms with Gasteiger partial charge in [-0.25, -0.2) is 0 Å². The minimum atomic E-state index is -0.185. The van der Waals surface area contributed by atoms with Crippen LogP contribution in [0.1, 0.15) is 69.1 Å². The molecule has 1 rings (SSSR count). The van der Waals surface area contributed by atoms with E-state index >= 15 is 0 Å². The highest BCUT2D eigenvalue weighted by atomic mass is 16.5. The van der Waals surface area contributed by atoms with Crippen LogP contribution in [0.15, 0.2) is 18.2 Å². The highest BCUT2D eigenvalue weighted by Gasteiger charge is 2.19. The van der Waals surface area contributed by atoms with Gasteiger partial charge in [-0.15, -0.1) is 0 Å². The predicted molar refractivity (Wildman–Crippen MR) is 79.6 cm³/mol. The molecule has 0 aliphatic carbocycles. The molecule has 0 fully saturated rings. The number of hydrogen-bond acceptors (Lipinski definition) is 2. The third-order valence-electron chi connectivity index (χ3n) is 3.86. The lowest BCUT2D eigenvalue weighted by Gasteiger charge is -2.18. The topological polar surface area (TPSA) is 26.3 Å². The number of ether oxygens (including phenoxy) is 1. The predicted octanol–water partition coefficient (Wildman–Crippen LogP) is 4.57. The zero-order valence-corrected chi connectivity index (χ0v) is 12.8. The molecule has 2 nitrogen and oxygen atoms in total. The summed E-state index contributed by atoms with van der Waals surface area (Å²) in [6.45, 7) is 10.7. The van der Waals surface area contributed by atoms with Gasteiger partial charge in [-0.1, -0.05) is 32.0 Å². The number of aryl methyl sites for hydroxylation is 1. The second-order valence-electron chi connectivity index (χ2n) is 5.10. The minimum Gasteiger partial charge on any atom is -0.466 e. The largest absolute Gasteiger partial charge is 0.466 e. The van der Waals surface area contributed by atoms with Crippen molar-refractivity contribution in [2.24, 2.45) is 0 Å². The Morgan fingerprint density at radius 2 is 1.84 bits per heavy atom. The van der Waals surface area contributed by atoms with E-state index in [-0.39, 0.29) is 11.9 Å². The SMILES string of the molecule is CCOC(=O)C(C)c1ccc(C(CC)CC)cc1C. The minimum absolute atomic E-state index is 0.138. The molecule has 106 valence electrons. The number of esters is 1. The van der Waals surface area contributed by atoms with Crippen LogP contribution < -0.4 is 0 Å². The number of benzene rings is 1. The van der Waals surface area contributed by atoms with Crippen molar-refractivity contribution in [2.45, 2.75) is 59.3 Å². The first-order valence-electron chi connectivity index (χ1n) is 7.32. The Balaban J connectivity index is 2.97. The molecule has 0 aliphatic heterocycles. The van der Waals surface area contributed by atoms with E-state index in [9.17, 15) is 4.79 Å². The monoisotopic (exact) mass is 262 g/mol. The Labute approximate surface area is 117 Å². The second-order valence-corrected chi connectivity index (χ2v) is 5.10. The van der Waals surface area contributed by atoms with Crippen LogP contribution in [0.4, 0.5) is 0 Å². The van der Waals surface area contributed by atoms with Gasteiger partial charge in [-0.2, -0.15) is 0 Å². The molecule has 0 N–H and O–H groups in total. The zero-order chi connectivity index (χ0) is 14.4. The molecular formula is C17H26O2. The third kappa shape index (κ3) is 3.82. The van der Waals surface area contributed by atoms with Gasteiger partial charge in [0.15, 0.2) is 0 Å². The fraction of sp³-hybridized carbons (Fsp3) is 0.588. The number of rotatable bonds is 6. The maximum absolute atomic E-state index is 11.8. The molecule has 0 heterocycles. The maximum Gasteiger partial charge on any atom is 0.313 e. The van der Waals surface area contributed by atoms with E-state index in [2.05, 4.69) is 39.0 Å². The summed E-state index contributed by atoms with van der Waals surface area (Å²) in [6.07, 6.45) is 2.31. The molecule has 0 aromatic heterocycles. The molecule has 1 aromatic carbocycles. The van der Waals surface area contributed by atoms with Crippen molar-refractivity contribution in [2.75, 3.05) is 6.61 Å². The van der Waals surface area contributed by atoms with Crippen molar-refractivity contribution in [1.82, 2.24) is 0 Å². The van der Waals surface area contributed by atoms with Crippen molar-refractivity contribution in [3.05, 3.63) is 34.9 Å². The normalized spacial score (nSPS) is 12.5. The Kier molecular flexibility index (Phi) is 6.07. The molecular weight excluding hydrogens is 236 g/mol. The van der Waals surface area contributed by atoms with Crippen molar-refractivity contribution in [1.29, 1.82) is 0 Å². The molecule has 0 spiro atoms. The first-order valence-corrected chi connectivity index (χ1v) is 7.32. The van der Waals surface area contributed by atoms with E-state index < -0.39 is 0 Å². The Morgan fingerprint density at radius 1 is 1.21 bits per heavy atom. The summed E-state index contributed by atoms with van der Waals surface area (Å²) >= 11 is 0. The van der Waals surface area contributed by atoms with E-state index in [0.717, 1.165) is 18.4 Å². The van der Waals surface area contributed by atoms with Gasteiger partial charge < -0.3 is 4.74 Å². The molecule has 19 heavy (non-hydrogen) atoms. The van der Waals surface area contributed by atoms with E-state index in [1.807, 2.05) is 13.8 Å². The lowest BCUT2D eigenvalue weighted by Crippen LogP contribution is -2.14. The molecule has 2 heteroatoms. The fourth-order valence-corrected chi connectivity index (χ4v) is 2.59. The summed E-state index contributed by atoms with van der Waals surface area (Å²) in [5, 5.41) is 0. The lowest BCUT2D eigenvalue weighted by atomic mass is 9.88. The molecule has 0 aliphatic rings. The van der Waals surface area contributed by atoms with Crippen LogP contribution >= 0.6 is 0 Å². The molecule has 0 saturated heterocycles. The maximum atomic E-state index is 11.8. The number of carbonyl (C=O) groups excluding carboxylic acids is 1. The van der Waals surface area contributed by atoms with Gasteiger partial charge in [0.25, 0.3) is 0 Å². The highest BCUT2D eigenvalue weighted by molar-refractivity contribution is 5.78. The summed E-state index contributed by atoms with van der Waals surface area (Å²) in [6, 6.07) is 6.48. The van der Waals surface area contributed by atoms with Crippen LogP contribution in [0.2, 0.25) is 0 Å². The number of carbonyl (C=O) groups is 1. The van der Waals surface area contributed by atoms with Crippen molar-refractivity contribution in [3.63, 3.8) is 0 Å². The van der Waals surface area contributed by atoms with Gasteiger partial charge in [-0.3, -0.25) is 4.79 Å². The van der Waals surface area contributed by atoms with Crippen LogP contribution in [0.3, 0.4) is 0 Å². The van der Waals surface area contributed by atoms with Crippen molar-refractivity contribution >= 4 is 5.97 Å². The summed E-state index contributed by atoms with van der Waals surface area (Å²) in [5.74, 6) is 0.294. The molecule has 0 bridgehead atoms. The summed E-state index contributed by atoms with van der Waals surface area (Å²) in [4.78, 5) is 11.8. The van der Waals surface area contributed by atoms with Crippen LogP contribution in [-0.4, -0.2) is 12.6 Å². The van der Waals surface area contributed by atoms with Crippen LogP contribution in [0.5, 0.6) is 0 Å². The average molecular weight is 262 g/mol. The molecule has 0 amide bonds. The Morgan fingerprint density at radius 3 is 2.32 bits per heavy atom. The van der Waals surface area contributed by atoms with Gasteiger partial charge in [0.2, 0.25) is 0 Å². The Bertz CT molecular complexity index is 419. The van der Waals surface area contributed by atoms with Crippen molar-refractivity contribution in [3.8, 4) is 0 Å². The first-order chi connectivity index (χ1) is 9.04. The van der Waals surface area contributed by atoms with Gasteiger partial charge in [0.05, 0.1) is 12.5 Å². The number of hydrogen-bond donors (Lipinski definition) is 0. The summed E-state index contributed by atoms with van der Waals surface area (Å²) in [7, 11) is 0. The summed E-state index contributed by atoms with van der Waals surface area (Å²) in [5.41, 5.74) is 3.64.